The van der Waals surface area contributed by atoms with Crippen molar-refractivity contribution in [2.75, 3.05) is 11.5 Å². The Labute approximate surface area is 131 Å². The van der Waals surface area contributed by atoms with Gasteiger partial charge in [-0.3, -0.25) is 0 Å². The van der Waals surface area contributed by atoms with Crippen LogP contribution >= 0.6 is 0 Å². The van der Waals surface area contributed by atoms with Gasteiger partial charge in [0.05, 0.1) is 10.9 Å². The average molecular weight is 300 g/mol. The van der Waals surface area contributed by atoms with E-state index in [0.717, 1.165) is 23.1 Å². The molecule has 5 nitrogen and oxygen atoms in total. The minimum Gasteiger partial charge on any atom is -0.489 e. The number of rotatable bonds is 4. The predicted octanol–water partition coefficient (Wildman–Crippen LogP) is 3.53. The third-order valence-corrected chi connectivity index (χ3v) is 4.59. The highest BCUT2D eigenvalue weighted by Crippen LogP contribution is 2.34. The van der Waals surface area contributed by atoms with Crippen molar-refractivity contribution in [2.45, 2.75) is 51.6 Å². The van der Waals surface area contributed by atoms with Crippen molar-refractivity contribution in [2.24, 2.45) is 5.92 Å². The largest absolute Gasteiger partial charge is 0.489 e. The zero-order chi connectivity index (χ0) is 15.5. The van der Waals surface area contributed by atoms with Gasteiger partial charge in [-0.05, 0) is 37.3 Å². The number of hydrogen-bond acceptors (Lipinski definition) is 5. The Morgan fingerprint density at radius 3 is 2.68 bits per heavy atom. The van der Waals surface area contributed by atoms with Crippen LogP contribution in [-0.4, -0.2) is 16.1 Å². The minimum absolute atomic E-state index is 0.196. The molecule has 1 unspecified atom stereocenters. The molecule has 4 N–H and O–H groups in total. The van der Waals surface area contributed by atoms with Gasteiger partial charge in [0.2, 0.25) is 5.95 Å². The monoisotopic (exact) mass is 300 g/mol. The molecule has 3 rings (SSSR count). The second-order valence-corrected chi connectivity index (χ2v) is 6.08. The quantitative estimate of drug-likeness (QED) is 0.902. The van der Waals surface area contributed by atoms with Crippen LogP contribution in [0, 0.1) is 5.92 Å². The van der Waals surface area contributed by atoms with Gasteiger partial charge in [0.15, 0.2) is 0 Å². The molecule has 118 valence electrons. The zero-order valence-corrected chi connectivity index (χ0v) is 13.1. The van der Waals surface area contributed by atoms with Crippen LogP contribution in [0.2, 0.25) is 0 Å². The van der Waals surface area contributed by atoms with Crippen molar-refractivity contribution in [3.05, 3.63) is 18.2 Å². The lowest BCUT2D eigenvalue weighted by molar-refractivity contribution is 0.105. The highest BCUT2D eigenvalue weighted by atomic mass is 16.5. The van der Waals surface area contributed by atoms with Crippen molar-refractivity contribution < 1.29 is 4.74 Å². The van der Waals surface area contributed by atoms with E-state index in [1.807, 2.05) is 18.2 Å². The highest BCUT2D eigenvalue weighted by Gasteiger charge is 2.24. The fourth-order valence-corrected chi connectivity index (χ4v) is 3.48. The lowest BCUT2D eigenvalue weighted by Crippen LogP contribution is -2.28. The molecular formula is C17H24N4O. The van der Waals surface area contributed by atoms with Crippen LogP contribution in [-0.2, 0) is 0 Å². The second-order valence-electron chi connectivity index (χ2n) is 6.08. The molecule has 0 aliphatic heterocycles. The Balaban J connectivity index is 1.92. The minimum atomic E-state index is 0.196. The van der Waals surface area contributed by atoms with Gasteiger partial charge in [-0.25, -0.2) is 4.98 Å². The summed E-state index contributed by atoms with van der Waals surface area (Å²) in [4.78, 5) is 8.32. The molecule has 1 aliphatic carbocycles. The number of nitrogen functional groups attached to an aromatic ring is 2. The van der Waals surface area contributed by atoms with E-state index in [2.05, 4.69) is 16.9 Å². The average Bonchev–Trinajstić information content (AvgIpc) is 2.53. The Kier molecular flexibility index (Phi) is 4.32. The van der Waals surface area contributed by atoms with E-state index in [0.29, 0.717) is 11.7 Å². The fourth-order valence-electron chi connectivity index (χ4n) is 3.48. The van der Waals surface area contributed by atoms with E-state index in [1.54, 1.807) is 0 Å². The van der Waals surface area contributed by atoms with Crippen molar-refractivity contribution >= 4 is 22.7 Å². The number of anilines is 2. The lowest BCUT2D eigenvalue weighted by atomic mass is 9.84. The maximum atomic E-state index is 6.34. The molecule has 1 aliphatic rings. The van der Waals surface area contributed by atoms with Gasteiger partial charge in [-0.1, -0.05) is 32.3 Å². The topological polar surface area (TPSA) is 87.0 Å². The number of nitrogens with two attached hydrogens (primary N) is 2. The van der Waals surface area contributed by atoms with Crippen LogP contribution < -0.4 is 16.2 Å². The van der Waals surface area contributed by atoms with Crippen LogP contribution in [0.3, 0.4) is 0 Å². The summed E-state index contributed by atoms with van der Waals surface area (Å²) in [6, 6.07) is 5.76. The van der Waals surface area contributed by atoms with Crippen LogP contribution in [0.25, 0.3) is 10.9 Å². The van der Waals surface area contributed by atoms with Gasteiger partial charge >= 0.3 is 0 Å². The van der Waals surface area contributed by atoms with Gasteiger partial charge in [-0.15, -0.1) is 0 Å². The van der Waals surface area contributed by atoms with Gasteiger partial charge in [-0.2, -0.15) is 4.98 Å². The highest BCUT2D eigenvalue weighted by molar-refractivity contribution is 5.94. The Morgan fingerprint density at radius 1 is 1.18 bits per heavy atom. The molecular weight excluding hydrogens is 276 g/mol. The molecule has 2 aromatic rings. The summed E-state index contributed by atoms with van der Waals surface area (Å²) in [6.07, 6.45) is 7.69. The van der Waals surface area contributed by atoms with Crippen LogP contribution in [0.5, 0.6) is 5.75 Å². The first-order chi connectivity index (χ1) is 10.7. The maximum Gasteiger partial charge on any atom is 0.222 e. The SMILES string of the molecule is CCC(Oc1cccc2nc(N)nc(N)c12)C1CCCCC1. The molecule has 0 radical (unpaired) electrons. The first-order valence-corrected chi connectivity index (χ1v) is 8.17. The zero-order valence-electron chi connectivity index (χ0n) is 13.1. The van der Waals surface area contributed by atoms with Crippen molar-refractivity contribution in [1.29, 1.82) is 0 Å². The smallest absolute Gasteiger partial charge is 0.222 e. The number of fused-ring (bicyclic) bond motifs is 1. The summed E-state index contributed by atoms with van der Waals surface area (Å²) in [7, 11) is 0. The van der Waals surface area contributed by atoms with Gasteiger partial charge in [0.25, 0.3) is 0 Å². The summed E-state index contributed by atoms with van der Waals surface area (Å²) in [6.45, 7) is 2.18. The molecule has 5 heteroatoms. The molecule has 22 heavy (non-hydrogen) atoms. The molecule has 1 fully saturated rings. The maximum absolute atomic E-state index is 6.34. The summed E-state index contributed by atoms with van der Waals surface area (Å²) in [5.41, 5.74) is 12.5. The summed E-state index contributed by atoms with van der Waals surface area (Å²) in [5, 5.41) is 0.769. The number of nitrogens with zero attached hydrogens (tertiary/aromatic N) is 2. The van der Waals surface area contributed by atoms with E-state index >= 15 is 0 Å². The predicted molar refractivity (Wildman–Crippen MR) is 89.6 cm³/mol. The van der Waals surface area contributed by atoms with Crippen molar-refractivity contribution in [3.63, 3.8) is 0 Å². The van der Waals surface area contributed by atoms with Gasteiger partial charge in [0, 0.05) is 0 Å². The number of ether oxygens (including phenoxy) is 1. The normalized spacial score (nSPS) is 17.5. The first-order valence-electron chi connectivity index (χ1n) is 8.17. The molecule has 0 bridgehead atoms. The Bertz CT molecular complexity index is 652. The van der Waals surface area contributed by atoms with Crippen molar-refractivity contribution in [1.82, 2.24) is 9.97 Å². The second kappa shape index (κ2) is 6.38. The molecule has 1 saturated carbocycles. The summed E-state index contributed by atoms with van der Waals surface area (Å²) in [5.74, 6) is 1.98. The van der Waals surface area contributed by atoms with Crippen LogP contribution in [0.1, 0.15) is 45.4 Å². The van der Waals surface area contributed by atoms with E-state index in [-0.39, 0.29) is 12.1 Å². The third kappa shape index (κ3) is 2.93. The van der Waals surface area contributed by atoms with E-state index in [4.69, 9.17) is 16.2 Å². The molecule has 1 heterocycles. The van der Waals surface area contributed by atoms with Crippen molar-refractivity contribution in [3.8, 4) is 5.75 Å². The third-order valence-electron chi connectivity index (χ3n) is 4.59. The number of aromatic nitrogens is 2. The van der Waals surface area contributed by atoms with E-state index in [9.17, 15) is 0 Å². The first kappa shape index (κ1) is 14.9. The molecule has 0 spiro atoms. The number of hydrogen-bond donors (Lipinski definition) is 2. The van der Waals surface area contributed by atoms with Crippen LogP contribution in [0.15, 0.2) is 18.2 Å². The van der Waals surface area contributed by atoms with Gasteiger partial charge in [0.1, 0.15) is 17.7 Å². The fraction of sp³-hybridized carbons (Fsp3) is 0.529. The lowest BCUT2D eigenvalue weighted by Gasteiger charge is -2.30. The van der Waals surface area contributed by atoms with E-state index in [1.165, 1.54) is 32.1 Å². The van der Waals surface area contributed by atoms with Crippen LogP contribution in [0.4, 0.5) is 11.8 Å². The molecule has 0 saturated heterocycles. The Hall–Kier alpha value is -2.04. The van der Waals surface area contributed by atoms with E-state index < -0.39 is 0 Å². The molecule has 1 atom stereocenters. The summed E-state index contributed by atoms with van der Waals surface area (Å²) < 4.78 is 6.34. The Morgan fingerprint density at radius 2 is 1.95 bits per heavy atom. The molecule has 1 aromatic heterocycles. The standard InChI is InChI=1S/C17H24N4O/c1-2-13(11-7-4-3-5-8-11)22-14-10-6-9-12-15(14)16(18)21-17(19)20-12/h6,9-11,13H,2-5,7-8H2,1H3,(H4,18,19,20,21). The number of benzene rings is 1. The van der Waals surface area contributed by atoms with Gasteiger partial charge < -0.3 is 16.2 Å². The molecule has 0 amide bonds. The molecule has 1 aromatic carbocycles. The summed E-state index contributed by atoms with van der Waals surface area (Å²) >= 11 is 0.